The van der Waals surface area contributed by atoms with E-state index in [-0.39, 0.29) is 6.17 Å². The van der Waals surface area contributed by atoms with E-state index in [1.54, 1.807) is 0 Å². The van der Waals surface area contributed by atoms with Crippen molar-refractivity contribution in [1.82, 2.24) is 9.88 Å². The minimum atomic E-state index is -0.268. The fourth-order valence-electron chi connectivity index (χ4n) is 8.19. The zero-order valence-electron chi connectivity index (χ0n) is 30.3. The van der Waals surface area contributed by atoms with Crippen LogP contribution in [0.2, 0.25) is 0 Å². The van der Waals surface area contributed by atoms with E-state index in [4.69, 9.17) is 14.4 Å². The van der Waals surface area contributed by atoms with Gasteiger partial charge in [-0.3, -0.25) is 0 Å². The first-order chi connectivity index (χ1) is 27.7. The Morgan fingerprint density at radius 2 is 1.00 bits per heavy atom. The highest BCUT2D eigenvalue weighted by Gasteiger charge is 2.22. The van der Waals surface area contributed by atoms with Gasteiger partial charge in [0.2, 0.25) is 0 Å². The van der Waals surface area contributed by atoms with E-state index in [1.807, 2.05) is 36.4 Å². The molecule has 0 fully saturated rings. The van der Waals surface area contributed by atoms with Crippen LogP contribution in [0.3, 0.4) is 0 Å². The Morgan fingerprint density at radius 1 is 0.446 bits per heavy atom. The van der Waals surface area contributed by atoms with E-state index in [0.29, 0.717) is 5.84 Å². The summed E-state index contributed by atoms with van der Waals surface area (Å²) in [6.07, 6.45) is -0.268. The van der Waals surface area contributed by atoms with Gasteiger partial charge < -0.3 is 14.3 Å². The van der Waals surface area contributed by atoms with Crippen LogP contribution in [0.15, 0.2) is 209 Å². The number of aromatic nitrogens is 1. The van der Waals surface area contributed by atoms with E-state index >= 15 is 0 Å². The smallest absolute Gasteiger partial charge is 0.159 e. The van der Waals surface area contributed by atoms with Crippen molar-refractivity contribution in [1.29, 1.82) is 0 Å². The summed E-state index contributed by atoms with van der Waals surface area (Å²) in [6, 6.07) is 68.1. The molecule has 0 saturated heterocycles. The minimum absolute atomic E-state index is 0.268. The van der Waals surface area contributed by atoms with Crippen molar-refractivity contribution in [3.63, 3.8) is 0 Å². The van der Waals surface area contributed by atoms with Crippen LogP contribution < -0.4 is 5.32 Å². The monoisotopic (exact) mass is 718 g/mol. The Hall–Kier alpha value is -7.50. The number of hydrogen-bond donors (Lipinski definition) is 1. The predicted octanol–water partition coefficient (Wildman–Crippen LogP) is 12.5. The summed E-state index contributed by atoms with van der Waals surface area (Å²) in [7, 11) is 0. The van der Waals surface area contributed by atoms with Crippen molar-refractivity contribution >= 4 is 55.4 Å². The standard InChI is InChI=1S/C51H34N4O/c1-4-14-33(15-5-1)49-52-50(34-16-6-2-7-17-34)54-51(53-49)37-26-29-44-43-28-25-36(31-47(43)56-48(44)32-37)40-21-11-10-20-39(40)35-24-27-42-41-22-12-13-23-45(41)55(46(42)30-35)38-18-8-3-9-19-38/h1-32,49H,(H,52,53,54). The van der Waals surface area contributed by atoms with E-state index in [0.717, 1.165) is 66.8 Å². The van der Waals surface area contributed by atoms with Gasteiger partial charge in [0.15, 0.2) is 5.84 Å². The molecular weight excluding hydrogens is 685 g/mol. The maximum atomic E-state index is 6.65. The average molecular weight is 719 g/mol. The molecule has 1 unspecified atom stereocenters. The first-order valence-corrected chi connectivity index (χ1v) is 18.9. The number of aliphatic imine (C=N–C) groups is 2. The van der Waals surface area contributed by atoms with Gasteiger partial charge >= 0.3 is 0 Å². The molecule has 5 heteroatoms. The van der Waals surface area contributed by atoms with E-state index in [9.17, 15) is 0 Å². The lowest BCUT2D eigenvalue weighted by Gasteiger charge is -2.23. The van der Waals surface area contributed by atoms with Gasteiger partial charge in [0.25, 0.3) is 0 Å². The summed E-state index contributed by atoms with van der Waals surface area (Å²) >= 11 is 0. The highest BCUT2D eigenvalue weighted by atomic mass is 16.3. The molecule has 5 nitrogen and oxygen atoms in total. The second kappa shape index (κ2) is 13.1. The first kappa shape index (κ1) is 32.0. The number of para-hydroxylation sites is 2. The number of hydrogen-bond acceptors (Lipinski definition) is 4. The predicted molar refractivity (Wildman–Crippen MR) is 231 cm³/mol. The Kier molecular flexibility index (Phi) is 7.49. The van der Waals surface area contributed by atoms with Gasteiger partial charge in [-0.2, -0.15) is 0 Å². The van der Waals surface area contributed by atoms with E-state index in [2.05, 4.69) is 168 Å². The van der Waals surface area contributed by atoms with Crippen molar-refractivity contribution in [2.45, 2.75) is 6.17 Å². The largest absolute Gasteiger partial charge is 0.456 e. The fourth-order valence-corrected chi connectivity index (χ4v) is 8.19. The second-order valence-electron chi connectivity index (χ2n) is 14.2. The van der Waals surface area contributed by atoms with Crippen molar-refractivity contribution in [3.05, 3.63) is 211 Å². The van der Waals surface area contributed by atoms with Crippen molar-refractivity contribution in [3.8, 4) is 27.9 Å². The Bertz CT molecular complexity index is 3160. The average Bonchev–Trinajstić information content (AvgIpc) is 3.81. The van der Waals surface area contributed by atoms with Gasteiger partial charge in [0, 0.05) is 38.4 Å². The molecule has 1 aliphatic heterocycles. The molecule has 2 aromatic heterocycles. The molecule has 1 N–H and O–H groups in total. The second-order valence-corrected chi connectivity index (χ2v) is 14.2. The van der Waals surface area contributed by atoms with Crippen LogP contribution in [-0.4, -0.2) is 16.2 Å². The van der Waals surface area contributed by atoms with Gasteiger partial charge in [-0.15, -0.1) is 0 Å². The van der Waals surface area contributed by atoms with Crippen LogP contribution in [0.25, 0.3) is 71.7 Å². The first-order valence-electron chi connectivity index (χ1n) is 18.9. The maximum absolute atomic E-state index is 6.65. The molecule has 0 aliphatic carbocycles. The number of benzene rings is 8. The molecule has 11 rings (SSSR count). The van der Waals surface area contributed by atoms with Crippen LogP contribution >= 0.6 is 0 Å². The SMILES string of the molecule is c1ccc(C2=NC(c3ccc4c(c3)oc3cc(-c5ccccc5-c5ccc6c7ccccc7n(-c7ccccc7)c6c5)ccc34)=NC(c3ccccc3)N2)cc1. The molecule has 1 atom stereocenters. The Labute approximate surface area is 323 Å². The molecule has 0 saturated carbocycles. The van der Waals surface area contributed by atoms with E-state index in [1.165, 1.54) is 27.4 Å². The number of rotatable bonds is 6. The molecule has 0 bridgehead atoms. The third kappa shape index (κ3) is 5.40. The molecule has 10 aromatic rings. The third-order valence-corrected chi connectivity index (χ3v) is 10.9. The van der Waals surface area contributed by atoms with Crippen LogP contribution in [-0.2, 0) is 0 Å². The van der Waals surface area contributed by atoms with Crippen LogP contribution in [0.1, 0.15) is 22.9 Å². The molecule has 1 aliphatic rings. The molecular formula is C51H34N4O. The lowest BCUT2D eigenvalue weighted by molar-refractivity contribution is 0.667. The zero-order chi connectivity index (χ0) is 37.0. The van der Waals surface area contributed by atoms with Gasteiger partial charge in [-0.1, -0.05) is 146 Å². The van der Waals surface area contributed by atoms with Gasteiger partial charge in [-0.25, -0.2) is 9.98 Å². The molecule has 264 valence electrons. The van der Waals surface area contributed by atoms with Gasteiger partial charge in [-0.05, 0) is 76.3 Å². The normalized spacial score (nSPS) is 14.2. The fraction of sp³-hybridized carbons (Fsp3) is 0.0196. The quantitative estimate of drug-likeness (QED) is 0.186. The van der Waals surface area contributed by atoms with Crippen molar-refractivity contribution in [2.75, 3.05) is 0 Å². The molecule has 8 aromatic carbocycles. The minimum Gasteiger partial charge on any atom is -0.456 e. The summed E-state index contributed by atoms with van der Waals surface area (Å²) in [6.45, 7) is 0. The third-order valence-electron chi connectivity index (χ3n) is 10.9. The molecule has 0 radical (unpaired) electrons. The van der Waals surface area contributed by atoms with Gasteiger partial charge in [0.05, 0.1) is 11.0 Å². The van der Waals surface area contributed by atoms with Crippen molar-refractivity contribution < 1.29 is 4.42 Å². The summed E-state index contributed by atoms with van der Waals surface area (Å²) in [5.74, 6) is 1.45. The maximum Gasteiger partial charge on any atom is 0.159 e. The lowest BCUT2D eigenvalue weighted by Crippen LogP contribution is -2.33. The highest BCUT2D eigenvalue weighted by molar-refractivity contribution is 6.15. The number of nitrogens with one attached hydrogen (secondary N) is 1. The summed E-state index contributed by atoms with van der Waals surface area (Å²) in [4.78, 5) is 10.1. The van der Waals surface area contributed by atoms with Crippen LogP contribution in [0.4, 0.5) is 0 Å². The summed E-state index contributed by atoms with van der Waals surface area (Å²) in [5, 5.41) is 8.16. The lowest BCUT2D eigenvalue weighted by atomic mass is 9.93. The number of fused-ring (bicyclic) bond motifs is 6. The summed E-state index contributed by atoms with van der Waals surface area (Å²) in [5.41, 5.74) is 12.7. The number of furan rings is 1. The van der Waals surface area contributed by atoms with Crippen LogP contribution in [0.5, 0.6) is 0 Å². The summed E-state index contributed by atoms with van der Waals surface area (Å²) < 4.78 is 9.02. The molecule has 0 spiro atoms. The number of nitrogens with zero attached hydrogens (tertiary/aromatic N) is 3. The Morgan fingerprint density at radius 3 is 1.73 bits per heavy atom. The number of amidine groups is 2. The molecule has 0 amide bonds. The van der Waals surface area contributed by atoms with Crippen molar-refractivity contribution in [2.24, 2.45) is 9.98 Å². The van der Waals surface area contributed by atoms with E-state index < -0.39 is 0 Å². The molecule has 56 heavy (non-hydrogen) atoms. The zero-order valence-corrected chi connectivity index (χ0v) is 30.3. The Balaban J connectivity index is 0.995. The topological polar surface area (TPSA) is 54.8 Å². The highest BCUT2D eigenvalue weighted by Crippen LogP contribution is 2.40. The molecule has 3 heterocycles. The van der Waals surface area contributed by atoms with Gasteiger partial charge in [0.1, 0.15) is 23.2 Å². The van der Waals surface area contributed by atoms with Crippen LogP contribution in [0, 0.1) is 0 Å².